The topological polar surface area (TPSA) is 124 Å². The molecule has 0 aliphatic heterocycles. The Hall–Kier alpha value is -2.56. The van der Waals surface area contributed by atoms with Crippen LogP contribution in [0.15, 0.2) is 23.1 Å². The molecule has 0 radical (unpaired) electrons. The van der Waals surface area contributed by atoms with E-state index in [0.29, 0.717) is 11.6 Å². The van der Waals surface area contributed by atoms with Crippen LogP contribution in [0.5, 0.6) is 0 Å². The second kappa shape index (κ2) is 8.52. The molecule has 0 saturated heterocycles. The minimum atomic E-state index is -3.82. The van der Waals surface area contributed by atoms with Crippen molar-refractivity contribution in [2.24, 2.45) is 0 Å². The number of esters is 1. The molecule has 3 aromatic rings. The normalized spacial score (nSPS) is 13.9. The highest BCUT2D eigenvalue weighted by atomic mass is 32.2. The van der Waals surface area contributed by atoms with Crippen LogP contribution >= 0.6 is 11.3 Å². The van der Waals surface area contributed by atoms with E-state index in [1.165, 1.54) is 16.5 Å². The zero-order valence-electron chi connectivity index (χ0n) is 17.4. The van der Waals surface area contributed by atoms with E-state index in [-0.39, 0.29) is 11.5 Å². The first-order chi connectivity index (χ1) is 14.7. The van der Waals surface area contributed by atoms with Crippen LogP contribution in [0.1, 0.15) is 40.2 Å². The lowest BCUT2D eigenvalue weighted by Gasteiger charge is -2.11. The SMILES string of the molecule is Cc1ccc(S(=O)(=O)NCC(=O)OCc2nc(N)c3c4c(sc3n2)CCCC4)cc1C. The zero-order valence-corrected chi connectivity index (χ0v) is 19.0. The summed E-state index contributed by atoms with van der Waals surface area (Å²) in [6, 6.07) is 4.79. The monoisotopic (exact) mass is 460 g/mol. The van der Waals surface area contributed by atoms with E-state index in [9.17, 15) is 13.2 Å². The summed E-state index contributed by atoms with van der Waals surface area (Å²) in [4.78, 5) is 23.1. The summed E-state index contributed by atoms with van der Waals surface area (Å²) in [7, 11) is -3.82. The molecule has 1 aromatic carbocycles. The number of nitrogens with two attached hydrogens (primary N) is 1. The number of benzene rings is 1. The number of fused-ring (bicyclic) bond motifs is 3. The molecule has 0 amide bonds. The summed E-state index contributed by atoms with van der Waals surface area (Å²) in [6.07, 6.45) is 4.31. The average Bonchev–Trinajstić information content (AvgIpc) is 3.11. The predicted octanol–water partition coefficient (Wildman–Crippen LogP) is 2.79. The van der Waals surface area contributed by atoms with E-state index >= 15 is 0 Å². The predicted molar refractivity (Wildman–Crippen MR) is 119 cm³/mol. The van der Waals surface area contributed by atoms with Gasteiger partial charge >= 0.3 is 5.97 Å². The van der Waals surface area contributed by atoms with Crippen LogP contribution in [0.3, 0.4) is 0 Å². The van der Waals surface area contributed by atoms with Crippen LogP contribution in [0.25, 0.3) is 10.2 Å². The molecule has 2 aromatic heterocycles. The van der Waals surface area contributed by atoms with Gasteiger partial charge in [-0.25, -0.2) is 18.4 Å². The summed E-state index contributed by atoms with van der Waals surface area (Å²) >= 11 is 1.61. The molecular weight excluding hydrogens is 436 g/mol. The first-order valence-corrected chi connectivity index (χ1v) is 12.3. The molecule has 0 saturated carbocycles. The number of hydrogen-bond donors (Lipinski definition) is 2. The lowest BCUT2D eigenvalue weighted by molar-refractivity contribution is -0.143. The maximum atomic E-state index is 12.4. The van der Waals surface area contributed by atoms with Gasteiger partial charge in [-0.3, -0.25) is 4.79 Å². The zero-order chi connectivity index (χ0) is 22.2. The highest BCUT2D eigenvalue weighted by Crippen LogP contribution is 2.37. The molecule has 0 fully saturated rings. The molecule has 2 heterocycles. The maximum Gasteiger partial charge on any atom is 0.321 e. The first kappa shape index (κ1) is 21.7. The minimum absolute atomic E-state index is 0.103. The molecule has 0 atom stereocenters. The second-order valence-corrected chi connectivity index (χ2v) is 10.5. The highest BCUT2D eigenvalue weighted by molar-refractivity contribution is 7.89. The van der Waals surface area contributed by atoms with Crippen molar-refractivity contribution in [3.63, 3.8) is 0 Å². The first-order valence-electron chi connectivity index (χ1n) is 10.0. The number of aromatic nitrogens is 2. The van der Waals surface area contributed by atoms with Crippen molar-refractivity contribution in [2.45, 2.75) is 51.0 Å². The smallest absolute Gasteiger partial charge is 0.321 e. The van der Waals surface area contributed by atoms with Crippen molar-refractivity contribution in [3.05, 3.63) is 45.6 Å². The summed E-state index contributed by atoms with van der Waals surface area (Å²) in [5.41, 5.74) is 9.24. The summed E-state index contributed by atoms with van der Waals surface area (Å²) in [6.45, 7) is 3.07. The van der Waals surface area contributed by atoms with E-state index in [2.05, 4.69) is 14.7 Å². The number of nitrogen functional groups attached to an aromatic ring is 1. The van der Waals surface area contributed by atoms with Crippen molar-refractivity contribution < 1.29 is 17.9 Å². The fourth-order valence-corrected chi connectivity index (χ4v) is 5.95. The third-order valence-electron chi connectivity index (χ3n) is 5.45. The minimum Gasteiger partial charge on any atom is -0.456 e. The number of sulfonamides is 1. The fraction of sp³-hybridized carbons (Fsp3) is 0.381. The van der Waals surface area contributed by atoms with Crippen molar-refractivity contribution in [1.29, 1.82) is 0 Å². The van der Waals surface area contributed by atoms with Gasteiger partial charge in [0.15, 0.2) is 12.4 Å². The number of carbonyl (C=O) groups excluding carboxylic acids is 1. The molecule has 31 heavy (non-hydrogen) atoms. The Morgan fingerprint density at radius 1 is 1.19 bits per heavy atom. The van der Waals surface area contributed by atoms with Gasteiger partial charge in [0.05, 0.1) is 10.3 Å². The number of rotatable bonds is 6. The van der Waals surface area contributed by atoms with Gasteiger partial charge in [-0.2, -0.15) is 4.72 Å². The van der Waals surface area contributed by atoms with E-state index < -0.39 is 22.5 Å². The van der Waals surface area contributed by atoms with Crippen molar-refractivity contribution in [2.75, 3.05) is 12.3 Å². The number of aryl methyl sites for hydroxylation is 4. The summed E-state index contributed by atoms with van der Waals surface area (Å²) in [5.74, 6) is -0.0278. The van der Waals surface area contributed by atoms with Crippen LogP contribution in [0.4, 0.5) is 5.82 Å². The molecule has 1 aliphatic carbocycles. The van der Waals surface area contributed by atoms with Crippen LogP contribution in [0.2, 0.25) is 0 Å². The molecule has 8 nitrogen and oxygen atoms in total. The summed E-state index contributed by atoms with van der Waals surface area (Å²) < 4.78 is 32.2. The Morgan fingerprint density at radius 2 is 1.97 bits per heavy atom. The number of anilines is 1. The number of hydrogen-bond acceptors (Lipinski definition) is 8. The Bertz CT molecular complexity index is 1270. The van der Waals surface area contributed by atoms with Gasteiger partial charge in [0.25, 0.3) is 0 Å². The number of ether oxygens (including phenoxy) is 1. The van der Waals surface area contributed by atoms with Crippen LogP contribution in [0, 0.1) is 13.8 Å². The second-order valence-electron chi connectivity index (χ2n) is 7.65. The third kappa shape index (κ3) is 4.56. The fourth-order valence-electron chi connectivity index (χ4n) is 3.61. The van der Waals surface area contributed by atoms with E-state index in [1.807, 2.05) is 13.8 Å². The molecule has 164 valence electrons. The van der Waals surface area contributed by atoms with Crippen LogP contribution in [-0.2, 0) is 39.0 Å². The van der Waals surface area contributed by atoms with Crippen LogP contribution < -0.4 is 10.5 Å². The largest absolute Gasteiger partial charge is 0.456 e. The van der Waals surface area contributed by atoms with Gasteiger partial charge in [-0.05, 0) is 68.4 Å². The van der Waals surface area contributed by atoms with E-state index in [0.717, 1.165) is 47.0 Å². The van der Waals surface area contributed by atoms with Crippen molar-refractivity contribution in [1.82, 2.24) is 14.7 Å². The van der Waals surface area contributed by atoms with Gasteiger partial charge in [0.1, 0.15) is 17.2 Å². The van der Waals surface area contributed by atoms with Crippen molar-refractivity contribution >= 4 is 43.4 Å². The highest BCUT2D eigenvalue weighted by Gasteiger charge is 2.21. The van der Waals surface area contributed by atoms with Gasteiger partial charge in [0, 0.05) is 4.88 Å². The quantitative estimate of drug-likeness (QED) is 0.542. The summed E-state index contributed by atoms with van der Waals surface area (Å²) in [5, 5.41) is 0.913. The van der Waals surface area contributed by atoms with Gasteiger partial charge in [-0.15, -0.1) is 11.3 Å². The van der Waals surface area contributed by atoms with Gasteiger partial charge < -0.3 is 10.5 Å². The molecule has 3 N–H and O–H groups in total. The maximum absolute atomic E-state index is 12.4. The lowest BCUT2D eigenvalue weighted by atomic mass is 9.97. The van der Waals surface area contributed by atoms with E-state index in [4.69, 9.17) is 10.5 Å². The molecule has 4 rings (SSSR count). The molecule has 0 spiro atoms. The Kier molecular flexibility index (Phi) is 5.96. The molecule has 0 bridgehead atoms. The standard InChI is InChI=1S/C21H24N4O4S2/c1-12-7-8-14(9-13(12)2)31(27,28)23-10-18(26)29-11-17-24-20(22)19-15-5-3-4-6-16(15)30-21(19)25-17/h7-9,23H,3-6,10-11H2,1-2H3,(H2,22,24,25). The number of nitrogens with one attached hydrogen (secondary N) is 1. The lowest BCUT2D eigenvalue weighted by Crippen LogP contribution is -2.30. The Morgan fingerprint density at radius 3 is 2.74 bits per heavy atom. The molecule has 1 aliphatic rings. The van der Waals surface area contributed by atoms with Gasteiger partial charge in [-0.1, -0.05) is 6.07 Å². The van der Waals surface area contributed by atoms with E-state index in [1.54, 1.807) is 23.5 Å². The molecule has 0 unspecified atom stereocenters. The Balaban J connectivity index is 1.39. The third-order valence-corrected chi connectivity index (χ3v) is 8.03. The Labute approximate surface area is 184 Å². The van der Waals surface area contributed by atoms with Crippen molar-refractivity contribution in [3.8, 4) is 0 Å². The molecular formula is C21H24N4O4S2. The number of nitrogens with zero attached hydrogens (tertiary/aromatic N) is 2. The molecule has 10 heteroatoms. The number of thiophene rings is 1. The average molecular weight is 461 g/mol. The number of carbonyl (C=O) groups is 1. The van der Waals surface area contributed by atoms with Crippen LogP contribution in [-0.4, -0.2) is 30.9 Å². The van der Waals surface area contributed by atoms with Gasteiger partial charge in [0.2, 0.25) is 10.0 Å².